The van der Waals surface area contributed by atoms with Gasteiger partial charge in [-0.2, -0.15) is 0 Å². The standard InChI is InChI=1S/C9H9N5O/c15-4-2-1-3-10-8-7-9(12-5-11-7)14-6-13-8/h2-3,5-6,15H,4H2,(H2,10,11,12,13,14). The molecule has 2 aromatic rings. The van der Waals surface area contributed by atoms with Gasteiger partial charge in [-0.3, -0.25) is 0 Å². The average molecular weight is 203 g/mol. The van der Waals surface area contributed by atoms with E-state index in [0.717, 1.165) is 5.52 Å². The number of fused-ring (bicyclic) bond motifs is 1. The third-order valence-electron chi connectivity index (χ3n) is 1.72. The van der Waals surface area contributed by atoms with Crippen molar-refractivity contribution < 1.29 is 5.11 Å². The number of nitrogens with one attached hydrogen (secondary N) is 2. The van der Waals surface area contributed by atoms with Gasteiger partial charge in [0, 0.05) is 6.20 Å². The van der Waals surface area contributed by atoms with Crippen molar-refractivity contribution in [3.05, 3.63) is 30.7 Å². The summed E-state index contributed by atoms with van der Waals surface area (Å²) in [5, 5.41) is 11.4. The van der Waals surface area contributed by atoms with E-state index in [9.17, 15) is 0 Å². The van der Waals surface area contributed by atoms with E-state index in [1.54, 1.807) is 12.5 Å². The first kappa shape index (κ1) is 9.39. The van der Waals surface area contributed by atoms with Gasteiger partial charge < -0.3 is 15.4 Å². The van der Waals surface area contributed by atoms with Crippen LogP contribution in [0, 0.1) is 0 Å². The Bertz CT molecular complexity index is 512. The second-order valence-electron chi connectivity index (χ2n) is 2.67. The first-order chi connectivity index (χ1) is 7.42. The molecule has 76 valence electrons. The fraction of sp³-hybridized carbons (Fsp3) is 0.111. The largest absolute Gasteiger partial charge is 0.392 e. The number of H-pyrrole nitrogens is 1. The monoisotopic (exact) mass is 203 g/mol. The molecule has 0 amide bonds. The smallest absolute Gasteiger partial charge is 0.182 e. The summed E-state index contributed by atoms with van der Waals surface area (Å²) >= 11 is 0. The number of aromatic amines is 1. The molecule has 0 spiro atoms. The minimum Gasteiger partial charge on any atom is -0.392 e. The number of imidazole rings is 1. The lowest BCUT2D eigenvalue weighted by Gasteiger charge is -1.97. The van der Waals surface area contributed by atoms with Gasteiger partial charge in [0.15, 0.2) is 11.5 Å². The highest BCUT2D eigenvalue weighted by Crippen LogP contribution is 2.13. The minimum absolute atomic E-state index is 0.0403. The van der Waals surface area contributed by atoms with E-state index in [0.29, 0.717) is 11.5 Å². The molecule has 0 fully saturated rings. The zero-order valence-electron chi connectivity index (χ0n) is 7.81. The van der Waals surface area contributed by atoms with E-state index in [1.165, 1.54) is 12.4 Å². The van der Waals surface area contributed by atoms with Crippen LogP contribution < -0.4 is 5.32 Å². The van der Waals surface area contributed by atoms with Crippen molar-refractivity contribution in [3.63, 3.8) is 0 Å². The van der Waals surface area contributed by atoms with Gasteiger partial charge in [0.1, 0.15) is 11.8 Å². The van der Waals surface area contributed by atoms with Crippen molar-refractivity contribution in [2.24, 2.45) is 0 Å². The molecule has 2 rings (SSSR count). The molecule has 2 aromatic heterocycles. The molecule has 0 aliphatic carbocycles. The molecule has 0 saturated carbocycles. The van der Waals surface area contributed by atoms with E-state index in [2.05, 4.69) is 31.0 Å². The average Bonchev–Trinajstić information content (AvgIpc) is 2.73. The highest BCUT2D eigenvalue weighted by atomic mass is 16.2. The van der Waals surface area contributed by atoms with Gasteiger partial charge in [-0.1, -0.05) is 0 Å². The molecule has 2 heterocycles. The zero-order chi connectivity index (χ0) is 10.5. The van der Waals surface area contributed by atoms with Crippen molar-refractivity contribution in [1.82, 2.24) is 19.9 Å². The zero-order valence-corrected chi connectivity index (χ0v) is 7.81. The number of hydrogen-bond donors (Lipinski definition) is 3. The normalized spacial score (nSPS) is 9.67. The predicted octanol–water partition coefficient (Wildman–Crippen LogP) is 0.426. The molecule has 15 heavy (non-hydrogen) atoms. The summed E-state index contributed by atoms with van der Waals surface area (Å²) in [6.45, 7) is -0.0403. The molecule has 0 unspecified atom stereocenters. The van der Waals surface area contributed by atoms with E-state index in [-0.39, 0.29) is 6.61 Å². The third kappa shape index (κ3) is 2.01. The van der Waals surface area contributed by atoms with Crippen LogP contribution in [0.5, 0.6) is 0 Å². The lowest BCUT2D eigenvalue weighted by Crippen LogP contribution is -1.93. The quantitative estimate of drug-likeness (QED) is 0.629. The van der Waals surface area contributed by atoms with Crippen LogP contribution in [0.2, 0.25) is 0 Å². The number of nitrogens with zero attached hydrogens (tertiary/aromatic N) is 3. The summed E-state index contributed by atoms with van der Waals surface area (Å²) < 4.78 is 0. The van der Waals surface area contributed by atoms with Crippen LogP contribution in [0.25, 0.3) is 11.2 Å². The van der Waals surface area contributed by atoms with Gasteiger partial charge in [-0.15, -0.1) is 5.73 Å². The molecule has 0 bridgehead atoms. The molecular formula is C9H9N5O. The molecule has 6 heteroatoms. The Morgan fingerprint density at radius 2 is 2.40 bits per heavy atom. The van der Waals surface area contributed by atoms with Crippen LogP contribution in [0.1, 0.15) is 0 Å². The van der Waals surface area contributed by atoms with Crippen molar-refractivity contribution in [2.75, 3.05) is 11.9 Å². The predicted molar refractivity (Wildman–Crippen MR) is 55.0 cm³/mol. The maximum atomic E-state index is 8.49. The Morgan fingerprint density at radius 1 is 1.47 bits per heavy atom. The Balaban J connectivity index is 2.28. The number of anilines is 1. The van der Waals surface area contributed by atoms with Gasteiger partial charge in [0.2, 0.25) is 0 Å². The van der Waals surface area contributed by atoms with Crippen LogP contribution in [0.4, 0.5) is 5.82 Å². The SMILES string of the molecule is OCC=C=CNc1ncnc2nc[nH]c12. The summed E-state index contributed by atoms with van der Waals surface area (Å²) in [6, 6.07) is 0. The number of hydrogen-bond acceptors (Lipinski definition) is 5. The summed E-state index contributed by atoms with van der Waals surface area (Å²) in [7, 11) is 0. The molecule has 0 atom stereocenters. The van der Waals surface area contributed by atoms with E-state index in [1.807, 2.05) is 0 Å². The van der Waals surface area contributed by atoms with Crippen LogP contribution >= 0.6 is 0 Å². The minimum atomic E-state index is -0.0403. The summed E-state index contributed by atoms with van der Waals surface area (Å²) in [4.78, 5) is 14.9. The number of rotatable bonds is 3. The third-order valence-corrected chi connectivity index (χ3v) is 1.72. The molecule has 6 nitrogen and oxygen atoms in total. The summed E-state index contributed by atoms with van der Waals surface area (Å²) in [6.07, 6.45) is 6.02. The fourth-order valence-electron chi connectivity index (χ4n) is 1.10. The Kier molecular flexibility index (Phi) is 2.73. The number of aliphatic hydroxyl groups excluding tert-OH is 1. The lowest BCUT2D eigenvalue weighted by atomic mass is 10.5. The Morgan fingerprint density at radius 3 is 3.27 bits per heavy atom. The van der Waals surface area contributed by atoms with Gasteiger partial charge in [0.25, 0.3) is 0 Å². The van der Waals surface area contributed by atoms with Crippen molar-refractivity contribution in [2.45, 2.75) is 0 Å². The lowest BCUT2D eigenvalue weighted by molar-refractivity contribution is 0.343. The number of aliphatic hydroxyl groups is 1. The first-order valence-electron chi connectivity index (χ1n) is 4.32. The van der Waals surface area contributed by atoms with Gasteiger partial charge >= 0.3 is 0 Å². The van der Waals surface area contributed by atoms with E-state index in [4.69, 9.17) is 5.11 Å². The molecule has 0 saturated heterocycles. The molecule has 0 aliphatic heterocycles. The molecular weight excluding hydrogens is 194 g/mol. The molecule has 0 aliphatic rings. The highest BCUT2D eigenvalue weighted by molar-refractivity contribution is 5.82. The second-order valence-corrected chi connectivity index (χ2v) is 2.67. The van der Waals surface area contributed by atoms with Gasteiger partial charge in [-0.05, 0) is 6.08 Å². The Labute approximate surface area is 85.4 Å². The van der Waals surface area contributed by atoms with E-state index >= 15 is 0 Å². The topological polar surface area (TPSA) is 86.7 Å². The molecule has 0 aromatic carbocycles. The molecule has 0 radical (unpaired) electrons. The van der Waals surface area contributed by atoms with Crippen molar-refractivity contribution >= 4 is 17.0 Å². The maximum absolute atomic E-state index is 8.49. The van der Waals surface area contributed by atoms with Gasteiger partial charge in [0.05, 0.1) is 12.9 Å². The van der Waals surface area contributed by atoms with E-state index < -0.39 is 0 Å². The van der Waals surface area contributed by atoms with Crippen LogP contribution in [0.15, 0.2) is 30.7 Å². The van der Waals surface area contributed by atoms with Crippen molar-refractivity contribution in [3.8, 4) is 0 Å². The van der Waals surface area contributed by atoms with Crippen LogP contribution in [-0.2, 0) is 0 Å². The van der Waals surface area contributed by atoms with Crippen LogP contribution in [0.3, 0.4) is 0 Å². The van der Waals surface area contributed by atoms with Crippen LogP contribution in [-0.4, -0.2) is 31.6 Å². The Hall–Kier alpha value is -2.17. The molecule has 3 N–H and O–H groups in total. The van der Waals surface area contributed by atoms with Gasteiger partial charge in [-0.25, -0.2) is 15.0 Å². The first-order valence-corrected chi connectivity index (χ1v) is 4.32. The summed E-state index contributed by atoms with van der Waals surface area (Å²) in [5.74, 6) is 0.622. The van der Waals surface area contributed by atoms with Crippen molar-refractivity contribution in [1.29, 1.82) is 0 Å². The number of aromatic nitrogens is 4. The fourth-order valence-corrected chi connectivity index (χ4v) is 1.10. The summed E-state index contributed by atoms with van der Waals surface area (Å²) in [5.41, 5.74) is 4.07. The highest BCUT2D eigenvalue weighted by Gasteiger charge is 2.02. The maximum Gasteiger partial charge on any atom is 0.182 e. The second kappa shape index (κ2) is 4.36.